The van der Waals surface area contributed by atoms with Crippen LogP contribution in [0.25, 0.3) is 38.7 Å². The molecule has 6 rings (SSSR count). The molecule has 1 fully saturated rings. The Bertz CT molecular complexity index is 1700. The van der Waals surface area contributed by atoms with Gasteiger partial charge in [0.15, 0.2) is 5.65 Å². The lowest BCUT2D eigenvalue weighted by Crippen LogP contribution is -2.36. The monoisotopic (exact) mass is 508 g/mol. The van der Waals surface area contributed by atoms with Crippen LogP contribution < -0.4 is 10.5 Å². The highest BCUT2D eigenvalue weighted by Crippen LogP contribution is 2.32. The van der Waals surface area contributed by atoms with E-state index in [4.69, 9.17) is 10.2 Å². The lowest BCUT2D eigenvalue weighted by Gasteiger charge is -2.19. The van der Waals surface area contributed by atoms with Crippen LogP contribution in [-0.2, 0) is 14.5 Å². The molecule has 36 heavy (non-hydrogen) atoms. The van der Waals surface area contributed by atoms with Gasteiger partial charge in [-0.1, -0.05) is 24.3 Å². The average Bonchev–Trinajstić information content (AvgIpc) is 3.52. The molecule has 0 aliphatic heterocycles. The van der Waals surface area contributed by atoms with Gasteiger partial charge in [-0.05, 0) is 30.7 Å². The number of aliphatic hydroxyl groups excluding tert-OH is 2. The lowest BCUT2D eigenvalue weighted by atomic mass is 10.1. The second-order valence-corrected chi connectivity index (χ2v) is 10.3. The zero-order chi connectivity index (χ0) is 25.0. The summed E-state index contributed by atoms with van der Waals surface area (Å²) in [6, 6.07) is 17.3. The first kappa shape index (κ1) is 22.9. The Morgan fingerprint density at radius 1 is 1.08 bits per heavy atom. The van der Waals surface area contributed by atoms with E-state index in [0.717, 1.165) is 33.1 Å². The zero-order valence-electron chi connectivity index (χ0n) is 18.9. The van der Waals surface area contributed by atoms with Crippen molar-refractivity contribution in [2.24, 2.45) is 11.1 Å². The van der Waals surface area contributed by atoms with Crippen LogP contribution in [-0.4, -0.2) is 63.1 Å². The quantitative estimate of drug-likeness (QED) is 0.231. The van der Waals surface area contributed by atoms with Crippen molar-refractivity contribution < 1.29 is 22.8 Å². The van der Waals surface area contributed by atoms with Crippen LogP contribution in [0, 0.1) is 5.92 Å². The van der Waals surface area contributed by atoms with Crippen LogP contribution in [0.2, 0.25) is 0 Å². The molecule has 0 amide bonds. The largest absolute Gasteiger partial charge is 0.390 e. The van der Waals surface area contributed by atoms with Crippen molar-refractivity contribution in [1.29, 1.82) is 0 Å². The van der Waals surface area contributed by atoms with E-state index in [1.807, 2.05) is 36.4 Å². The maximum absolute atomic E-state index is 11.1. The van der Waals surface area contributed by atoms with Crippen LogP contribution >= 0.6 is 0 Å². The molecule has 186 valence electrons. The Morgan fingerprint density at radius 2 is 1.89 bits per heavy atom. The number of hydrogen-bond acceptors (Lipinski definition) is 8. The van der Waals surface area contributed by atoms with E-state index < -0.39 is 34.5 Å². The topological polar surface area (TPSA) is 168 Å². The molecule has 3 aromatic heterocycles. The zero-order valence-corrected chi connectivity index (χ0v) is 19.8. The first-order valence-corrected chi connectivity index (χ1v) is 12.9. The number of nitrogens with two attached hydrogens (primary N) is 1. The summed E-state index contributed by atoms with van der Waals surface area (Å²) in [7, 11) is -4.14. The summed E-state index contributed by atoms with van der Waals surface area (Å²) in [6.07, 6.45) is -0.405. The molecule has 0 radical (unpaired) electrons. The first-order valence-electron chi connectivity index (χ1n) is 11.4. The minimum absolute atomic E-state index is 0.271. The van der Waals surface area contributed by atoms with E-state index in [1.165, 1.54) is 0 Å². The molecule has 0 bridgehead atoms. The van der Waals surface area contributed by atoms with Gasteiger partial charge in [0, 0.05) is 45.6 Å². The number of aliphatic hydroxyl groups is 2. The van der Waals surface area contributed by atoms with Crippen LogP contribution in [0.3, 0.4) is 0 Å². The molecule has 4 atom stereocenters. The van der Waals surface area contributed by atoms with E-state index in [1.54, 1.807) is 16.8 Å². The number of aromatic amines is 1. The van der Waals surface area contributed by atoms with Gasteiger partial charge in [-0.2, -0.15) is 18.0 Å². The van der Waals surface area contributed by atoms with Gasteiger partial charge in [0.05, 0.1) is 24.4 Å². The molecule has 11 nitrogen and oxygen atoms in total. The Kier molecular flexibility index (Phi) is 5.43. The molecular formula is C24H24N6O5S. The molecule has 5 aromatic rings. The van der Waals surface area contributed by atoms with Crippen molar-refractivity contribution in [3.8, 4) is 11.3 Å². The van der Waals surface area contributed by atoms with Gasteiger partial charge in [0.2, 0.25) is 0 Å². The van der Waals surface area contributed by atoms with Gasteiger partial charge in [-0.3, -0.25) is 4.18 Å². The second-order valence-electron chi connectivity index (χ2n) is 9.07. The number of hydrogen-bond donors (Lipinski definition) is 5. The van der Waals surface area contributed by atoms with E-state index in [9.17, 15) is 18.6 Å². The van der Waals surface area contributed by atoms with E-state index in [2.05, 4.69) is 31.6 Å². The van der Waals surface area contributed by atoms with Gasteiger partial charge in [-0.25, -0.2) is 10.1 Å². The third kappa shape index (κ3) is 4.08. The minimum atomic E-state index is -4.14. The van der Waals surface area contributed by atoms with Gasteiger partial charge in [0.25, 0.3) is 0 Å². The molecule has 1 saturated carbocycles. The third-order valence-electron chi connectivity index (χ3n) is 6.74. The van der Waals surface area contributed by atoms with Gasteiger partial charge in [-0.15, -0.1) is 0 Å². The summed E-state index contributed by atoms with van der Waals surface area (Å²) in [5, 5.41) is 36.0. The molecule has 6 N–H and O–H groups in total. The van der Waals surface area contributed by atoms with Crippen molar-refractivity contribution in [3.63, 3.8) is 0 Å². The standard InChI is InChI=1S/C24H24N6O5S/c25-36(33,34)35-12-14-10-20(24(32)23(14)31)28-21-7-8-26-22-11-19(29-30(21)22)13-5-6-18-16(9-13)15-3-1-2-4-17(15)27-18/h1-9,11,14,20,23-24,27-28,31-32H,10,12H2,(H2,25,33,34)/t14?,20-,23-,24+/m1/s1. The van der Waals surface area contributed by atoms with Crippen LogP contribution in [0.15, 0.2) is 60.8 Å². The molecule has 12 heteroatoms. The highest BCUT2D eigenvalue weighted by Gasteiger charge is 2.42. The number of nitrogens with one attached hydrogen (secondary N) is 2. The summed E-state index contributed by atoms with van der Waals surface area (Å²) in [5.41, 5.74) is 4.38. The molecule has 3 heterocycles. The van der Waals surface area contributed by atoms with E-state index in [-0.39, 0.29) is 13.0 Å². The average molecular weight is 509 g/mol. The normalized spacial score (nSPS) is 22.6. The number of para-hydroxylation sites is 1. The fourth-order valence-electron chi connectivity index (χ4n) is 4.96. The predicted octanol–water partition coefficient (Wildman–Crippen LogP) is 1.77. The van der Waals surface area contributed by atoms with Gasteiger partial charge >= 0.3 is 10.3 Å². The summed E-state index contributed by atoms with van der Waals surface area (Å²) < 4.78 is 28.5. The SMILES string of the molecule is NS(=O)(=O)OCC1C[C@@H](Nc2ccnc3cc(-c4ccc5[nH]c6ccccc6c5c4)nn23)[C@H](O)[C@@H]1O. The second kappa shape index (κ2) is 8.54. The first-order chi connectivity index (χ1) is 17.3. The third-order valence-corrected chi connectivity index (χ3v) is 7.21. The Morgan fingerprint density at radius 3 is 2.72 bits per heavy atom. The molecule has 0 spiro atoms. The Labute approximate surface area is 205 Å². The number of rotatable bonds is 6. The fourth-order valence-corrected chi connectivity index (χ4v) is 5.32. The van der Waals surface area contributed by atoms with E-state index >= 15 is 0 Å². The summed E-state index contributed by atoms with van der Waals surface area (Å²) in [4.78, 5) is 7.83. The molecular weight excluding hydrogens is 484 g/mol. The highest BCUT2D eigenvalue weighted by molar-refractivity contribution is 7.84. The molecule has 1 aliphatic rings. The lowest BCUT2D eigenvalue weighted by molar-refractivity contribution is 0.00777. The summed E-state index contributed by atoms with van der Waals surface area (Å²) >= 11 is 0. The fraction of sp³-hybridized carbons (Fsp3) is 0.250. The van der Waals surface area contributed by atoms with Crippen molar-refractivity contribution in [2.45, 2.75) is 24.7 Å². The number of aromatic nitrogens is 4. The number of nitrogens with zero attached hydrogens (tertiary/aromatic N) is 3. The molecule has 2 aromatic carbocycles. The summed E-state index contributed by atoms with van der Waals surface area (Å²) in [5.74, 6) is -0.0343. The van der Waals surface area contributed by atoms with Gasteiger partial charge < -0.3 is 20.5 Å². The number of benzene rings is 2. The maximum Gasteiger partial charge on any atom is 0.333 e. The molecule has 1 unspecified atom stereocenters. The highest BCUT2D eigenvalue weighted by atomic mass is 32.2. The van der Waals surface area contributed by atoms with Crippen molar-refractivity contribution in [1.82, 2.24) is 19.6 Å². The number of anilines is 1. The summed E-state index contributed by atoms with van der Waals surface area (Å²) in [6.45, 7) is -0.316. The van der Waals surface area contributed by atoms with Crippen LogP contribution in [0.4, 0.5) is 5.82 Å². The number of H-pyrrole nitrogens is 1. The van der Waals surface area contributed by atoms with Crippen molar-refractivity contribution in [2.75, 3.05) is 11.9 Å². The maximum atomic E-state index is 11.1. The molecule has 1 aliphatic carbocycles. The Hall–Kier alpha value is -3.55. The van der Waals surface area contributed by atoms with Crippen LogP contribution in [0.1, 0.15) is 6.42 Å². The molecule has 0 saturated heterocycles. The van der Waals surface area contributed by atoms with Gasteiger partial charge in [0.1, 0.15) is 11.9 Å². The van der Waals surface area contributed by atoms with Crippen molar-refractivity contribution in [3.05, 3.63) is 60.8 Å². The predicted molar refractivity (Wildman–Crippen MR) is 134 cm³/mol. The smallest absolute Gasteiger partial charge is 0.333 e. The van der Waals surface area contributed by atoms with Crippen molar-refractivity contribution >= 4 is 43.6 Å². The minimum Gasteiger partial charge on any atom is -0.390 e. The Balaban J connectivity index is 1.30. The number of fused-ring (bicyclic) bond motifs is 4. The van der Waals surface area contributed by atoms with E-state index in [0.29, 0.717) is 11.5 Å². The van der Waals surface area contributed by atoms with Crippen LogP contribution in [0.5, 0.6) is 0 Å².